The minimum Gasteiger partial charge on any atom is -0.462 e. The van der Waals surface area contributed by atoms with Crippen molar-refractivity contribution < 1.29 is 13.7 Å². The van der Waals surface area contributed by atoms with Gasteiger partial charge in [0.25, 0.3) is 0 Å². The number of ether oxygens (including phenoxy) is 1. The topological polar surface area (TPSA) is 61.2 Å². The lowest BCUT2D eigenvalue weighted by atomic mass is 10.2. The first-order valence-electron chi connectivity index (χ1n) is 8.87. The molecule has 0 saturated carbocycles. The van der Waals surface area contributed by atoms with Crippen molar-refractivity contribution in [2.24, 2.45) is 0 Å². The predicted octanol–water partition coefficient (Wildman–Crippen LogP) is 4.13. The summed E-state index contributed by atoms with van der Waals surface area (Å²) in [6, 6.07) is 14.9. The SMILES string of the molecule is CCOC(=O)c1ccc2c(c1)nc(SCCS(=O)c1ccccc1)n2CC. The van der Waals surface area contributed by atoms with Gasteiger partial charge in [0.15, 0.2) is 5.16 Å². The molecule has 0 aliphatic heterocycles. The number of esters is 1. The number of hydrogen-bond acceptors (Lipinski definition) is 5. The van der Waals surface area contributed by atoms with Gasteiger partial charge in [-0.15, -0.1) is 0 Å². The van der Waals surface area contributed by atoms with Crippen LogP contribution in [0.15, 0.2) is 58.6 Å². The van der Waals surface area contributed by atoms with E-state index in [1.54, 1.807) is 30.8 Å². The van der Waals surface area contributed by atoms with E-state index in [2.05, 4.69) is 16.5 Å². The van der Waals surface area contributed by atoms with E-state index in [1.165, 1.54) is 0 Å². The molecule has 142 valence electrons. The van der Waals surface area contributed by atoms with Crippen molar-refractivity contribution in [3.63, 3.8) is 0 Å². The molecule has 1 aromatic heterocycles. The van der Waals surface area contributed by atoms with E-state index in [1.807, 2.05) is 36.4 Å². The highest BCUT2D eigenvalue weighted by Crippen LogP contribution is 2.25. The number of thioether (sulfide) groups is 1. The summed E-state index contributed by atoms with van der Waals surface area (Å²) in [5, 5.41) is 0.874. The van der Waals surface area contributed by atoms with Crippen LogP contribution in [0.4, 0.5) is 0 Å². The number of aromatic nitrogens is 2. The highest BCUT2D eigenvalue weighted by atomic mass is 32.2. The molecule has 0 spiro atoms. The zero-order chi connectivity index (χ0) is 19.2. The third-order valence-electron chi connectivity index (χ3n) is 4.05. The van der Waals surface area contributed by atoms with Crippen LogP contribution in [0.25, 0.3) is 11.0 Å². The number of rotatable bonds is 8. The molecule has 1 heterocycles. The standard InChI is InChI=1S/C20H22N2O3S2/c1-3-22-18-11-10-15(19(23)25-4-2)14-17(18)21-20(22)26-12-13-27(24)16-8-6-5-7-9-16/h5-11,14H,3-4,12-13H2,1-2H3. The van der Waals surface area contributed by atoms with Crippen molar-refractivity contribution in [2.75, 3.05) is 18.1 Å². The molecule has 7 heteroatoms. The Kier molecular flexibility index (Phi) is 6.68. The van der Waals surface area contributed by atoms with Gasteiger partial charge in [-0.3, -0.25) is 4.21 Å². The number of fused-ring (bicyclic) bond motifs is 1. The van der Waals surface area contributed by atoms with Crippen molar-refractivity contribution in [3.8, 4) is 0 Å². The average molecular weight is 403 g/mol. The second kappa shape index (κ2) is 9.19. The molecule has 3 aromatic rings. The van der Waals surface area contributed by atoms with Crippen LogP contribution < -0.4 is 0 Å². The first kappa shape index (κ1) is 19.6. The Bertz CT molecular complexity index is 955. The number of nitrogens with zero attached hydrogens (tertiary/aromatic N) is 2. The van der Waals surface area contributed by atoms with E-state index in [4.69, 9.17) is 4.74 Å². The van der Waals surface area contributed by atoms with Crippen LogP contribution in [-0.4, -0.2) is 37.8 Å². The van der Waals surface area contributed by atoms with Crippen LogP contribution in [0.5, 0.6) is 0 Å². The maximum Gasteiger partial charge on any atom is 0.338 e. The number of hydrogen-bond donors (Lipinski definition) is 0. The lowest BCUT2D eigenvalue weighted by Gasteiger charge is -2.06. The molecule has 0 bridgehead atoms. The van der Waals surface area contributed by atoms with Gasteiger partial charge in [-0.25, -0.2) is 9.78 Å². The Hall–Kier alpha value is -2.12. The lowest BCUT2D eigenvalue weighted by Crippen LogP contribution is -2.04. The Balaban J connectivity index is 1.74. The summed E-state index contributed by atoms with van der Waals surface area (Å²) in [6.07, 6.45) is 0. The second-order valence-electron chi connectivity index (χ2n) is 5.77. The lowest BCUT2D eigenvalue weighted by molar-refractivity contribution is 0.0526. The summed E-state index contributed by atoms with van der Waals surface area (Å²) in [5.41, 5.74) is 2.26. The van der Waals surface area contributed by atoms with Crippen LogP contribution in [0.1, 0.15) is 24.2 Å². The molecule has 3 rings (SSSR count). The van der Waals surface area contributed by atoms with Gasteiger partial charge in [-0.2, -0.15) is 0 Å². The van der Waals surface area contributed by atoms with Gasteiger partial charge >= 0.3 is 5.97 Å². The maximum absolute atomic E-state index is 12.4. The van der Waals surface area contributed by atoms with Crippen molar-refractivity contribution >= 4 is 39.6 Å². The van der Waals surface area contributed by atoms with Gasteiger partial charge in [-0.05, 0) is 44.2 Å². The third-order valence-corrected chi connectivity index (χ3v) is 6.66. The molecule has 0 aliphatic rings. The van der Waals surface area contributed by atoms with Crippen LogP contribution >= 0.6 is 11.8 Å². The summed E-state index contributed by atoms with van der Waals surface area (Å²) >= 11 is 1.59. The minimum atomic E-state index is -1.01. The molecular weight excluding hydrogens is 380 g/mol. The van der Waals surface area contributed by atoms with Crippen molar-refractivity contribution in [2.45, 2.75) is 30.4 Å². The average Bonchev–Trinajstić information content (AvgIpc) is 3.05. The fourth-order valence-corrected chi connectivity index (χ4v) is 5.13. The summed E-state index contributed by atoms with van der Waals surface area (Å²) in [5.74, 6) is 0.934. The molecule has 0 N–H and O–H groups in total. The summed E-state index contributed by atoms with van der Waals surface area (Å²) < 4.78 is 19.5. The molecular formula is C20H22N2O3S2. The zero-order valence-corrected chi connectivity index (χ0v) is 17.0. The van der Waals surface area contributed by atoms with E-state index in [-0.39, 0.29) is 5.97 Å². The fraction of sp³-hybridized carbons (Fsp3) is 0.300. The van der Waals surface area contributed by atoms with E-state index in [0.29, 0.717) is 23.7 Å². The van der Waals surface area contributed by atoms with Crippen molar-refractivity contribution in [3.05, 3.63) is 54.1 Å². The van der Waals surface area contributed by atoms with Gasteiger partial charge in [0.2, 0.25) is 0 Å². The quantitative estimate of drug-likeness (QED) is 0.419. The molecule has 2 aromatic carbocycles. The molecule has 0 radical (unpaired) electrons. The van der Waals surface area contributed by atoms with Crippen molar-refractivity contribution in [1.82, 2.24) is 9.55 Å². The first-order chi connectivity index (χ1) is 13.1. The minimum absolute atomic E-state index is 0.335. The monoisotopic (exact) mass is 402 g/mol. The molecule has 1 unspecified atom stereocenters. The highest BCUT2D eigenvalue weighted by Gasteiger charge is 2.14. The predicted molar refractivity (Wildman–Crippen MR) is 110 cm³/mol. The van der Waals surface area contributed by atoms with Gasteiger partial charge in [0.1, 0.15) is 0 Å². The van der Waals surface area contributed by atoms with Crippen LogP contribution in [0.2, 0.25) is 0 Å². The first-order valence-corrected chi connectivity index (χ1v) is 11.2. The third kappa shape index (κ3) is 4.59. The van der Waals surface area contributed by atoms with Gasteiger partial charge in [0, 0.05) is 22.9 Å². The molecule has 0 saturated heterocycles. The fourth-order valence-electron chi connectivity index (χ4n) is 2.76. The van der Waals surface area contributed by atoms with Crippen LogP contribution in [0.3, 0.4) is 0 Å². The smallest absolute Gasteiger partial charge is 0.338 e. The number of imidazole rings is 1. The van der Waals surface area contributed by atoms with Gasteiger partial charge < -0.3 is 9.30 Å². The van der Waals surface area contributed by atoms with Crippen molar-refractivity contribution in [1.29, 1.82) is 0 Å². The number of carbonyl (C=O) groups excluding carboxylic acids is 1. The zero-order valence-electron chi connectivity index (χ0n) is 15.4. The molecule has 0 amide bonds. The molecule has 0 aliphatic carbocycles. The maximum atomic E-state index is 12.4. The second-order valence-corrected chi connectivity index (χ2v) is 8.41. The van der Waals surface area contributed by atoms with Crippen LogP contribution in [-0.2, 0) is 22.1 Å². The molecule has 5 nitrogen and oxygen atoms in total. The number of carbonyl (C=O) groups is 1. The Morgan fingerprint density at radius 1 is 1.19 bits per heavy atom. The van der Waals surface area contributed by atoms with E-state index < -0.39 is 10.8 Å². The highest BCUT2D eigenvalue weighted by molar-refractivity contribution is 8.00. The molecule has 1 atom stereocenters. The number of benzene rings is 2. The Labute approximate surface area is 165 Å². The summed E-state index contributed by atoms with van der Waals surface area (Å²) in [6.45, 7) is 4.97. The molecule has 27 heavy (non-hydrogen) atoms. The Morgan fingerprint density at radius 3 is 2.67 bits per heavy atom. The summed E-state index contributed by atoms with van der Waals surface area (Å²) in [7, 11) is -1.01. The normalized spacial score (nSPS) is 12.2. The van der Waals surface area contributed by atoms with E-state index >= 15 is 0 Å². The number of aryl methyl sites for hydroxylation is 1. The van der Waals surface area contributed by atoms with E-state index in [9.17, 15) is 9.00 Å². The largest absolute Gasteiger partial charge is 0.462 e. The van der Waals surface area contributed by atoms with Gasteiger partial charge in [-0.1, -0.05) is 30.0 Å². The summed E-state index contributed by atoms with van der Waals surface area (Å²) in [4.78, 5) is 17.5. The van der Waals surface area contributed by atoms with Gasteiger partial charge in [0.05, 0.1) is 34.0 Å². The van der Waals surface area contributed by atoms with Crippen LogP contribution in [0, 0.1) is 0 Å². The Morgan fingerprint density at radius 2 is 1.96 bits per heavy atom. The van der Waals surface area contributed by atoms with E-state index in [0.717, 1.165) is 27.6 Å². The molecule has 0 fully saturated rings.